The molecule has 0 radical (unpaired) electrons. The van der Waals surface area contributed by atoms with Crippen molar-refractivity contribution in [2.45, 2.75) is 19.4 Å². The Balaban J connectivity index is 2.29. The van der Waals surface area contributed by atoms with Crippen LogP contribution in [0.1, 0.15) is 24.2 Å². The highest BCUT2D eigenvalue weighted by Crippen LogP contribution is 2.30. The van der Waals surface area contributed by atoms with Gasteiger partial charge in [0.05, 0.1) is 0 Å². The van der Waals surface area contributed by atoms with Crippen LogP contribution in [0.25, 0.3) is 0 Å². The number of rotatable bonds is 3. The van der Waals surface area contributed by atoms with Crippen molar-refractivity contribution in [3.8, 4) is 0 Å². The summed E-state index contributed by atoms with van der Waals surface area (Å²) in [5, 5.41) is 2.80. The van der Waals surface area contributed by atoms with Gasteiger partial charge in [-0.2, -0.15) is 0 Å². The maximum absolute atomic E-state index is 12.4. The number of hydrogen-bond acceptors (Lipinski definition) is 2. The van der Waals surface area contributed by atoms with E-state index in [4.69, 9.17) is 0 Å². The van der Waals surface area contributed by atoms with Crippen LogP contribution in [0.4, 0.5) is 0 Å². The van der Waals surface area contributed by atoms with E-state index in [2.05, 4.69) is 11.9 Å². The molecule has 1 atom stereocenters. The molecule has 1 aliphatic rings. The molecule has 0 unspecified atom stereocenters. The van der Waals surface area contributed by atoms with Gasteiger partial charge in [-0.15, -0.1) is 0 Å². The van der Waals surface area contributed by atoms with Crippen LogP contribution in [0.3, 0.4) is 0 Å². The van der Waals surface area contributed by atoms with Gasteiger partial charge in [-0.3, -0.25) is 9.59 Å². The number of allylic oxidation sites excluding steroid dienone is 3. The molecule has 3 nitrogen and oxygen atoms in total. The molecule has 0 saturated carbocycles. The Morgan fingerprint density at radius 2 is 1.95 bits per heavy atom. The summed E-state index contributed by atoms with van der Waals surface area (Å²) in [7, 11) is 0. The molecular weight excluding hydrogens is 250 g/mol. The molecule has 0 heterocycles. The molecule has 1 aromatic carbocycles. The molecule has 1 amide bonds. The van der Waals surface area contributed by atoms with E-state index in [9.17, 15) is 9.59 Å². The predicted molar refractivity (Wildman–Crippen MR) is 79.4 cm³/mol. The molecule has 0 saturated heterocycles. The third kappa shape index (κ3) is 2.35. The van der Waals surface area contributed by atoms with Crippen molar-refractivity contribution < 1.29 is 9.59 Å². The van der Waals surface area contributed by atoms with Crippen molar-refractivity contribution in [2.24, 2.45) is 0 Å². The number of carbonyl (C=O) groups is 2. The summed E-state index contributed by atoms with van der Waals surface area (Å²) in [5.74, 6) is -0.377. The van der Waals surface area contributed by atoms with Gasteiger partial charge < -0.3 is 5.32 Å². The van der Waals surface area contributed by atoms with E-state index in [1.54, 1.807) is 56.3 Å². The van der Waals surface area contributed by atoms with Gasteiger partial charge in [-0.25, -0.2) is 0 Å². The molecule has 0 spiro atoms. The van der Waals surface area contributed by atoms with Gasteiger partial charge in [0.2, 0.25) is 0 Å². The number of amides is 1. The van der Waals surface area contributed by atoms with Gasteiger partial charge in [-0.1, -0.05) is 36.9 Å². The van der Waals surface area contributed by atoms with Crippen LogP contribution >= 0.6 is 0 Å². The summed E-state index contributed by atoms with van der Waals surface area (Å²) in [5.41, 5.74) is 0.867. The van der Waals surface area contributed by atoms with Crippen molar-refractivity contribution in [3.05, 3.63) is 71.8 Å². The lowest BCUT2D eigenvalue weighted by molar-refractivity contribution is -0.118. The number of carbonyl (C=O) groups excluding carboxylic acids is 2. The summed E-state index contributed by atoms with van der Waals surface area (Å²) in [6, 6.07) is 8.85. The van der Waals surface area contributed by atoms with E-state index in [-0.39, 0.29) is 11.7 Å². The zero-order chi connectivity index (χ0) is 14.8. The van der Waals surface area contributed by atoms with Crippen molar-refractivity contribution in [3.63, 3.8) is 0 Å². The highest BCUT2D eigenvalue weighted by Gasteiger charge is 2.40. The van der Waals surface area contributed by atoms with Gasteiger partial charge in [0, 0.05) is 11.1 Å². The molecule has 102 valence electrons. The van der Waals surface area contributed by atoms with Crippen LogP contribution in [0.15, 0.2) is 66.3 Å². The molecule has 20 heavy (non-hydrogen) atoms. The normalized spacial score (nSPS) is 23.6. The van der Waals surface area contributed by atoms with E-state index < -0.39 is 5.54 Å². The minimum absolute atomic E-state index is 0.112. The van der Waals surface area contributed by atoms with E-state index in [0.29, 0.717) is 11.1 Å². The van der Waals surface area contributed by atoms with Gasteiger partial charge in [0.1, 0.15) is 5.54 Å². The molecular formula is C17H17NO2. The minimum Gasteiger partial charge on any atom is -0.336 e. The molecule has 0 fully saturated rings. The first-order chi connectivity index (χ1) is 9.51. The van der Waals surface area contributed by atoms with Crippen LogP contribution in [0.5, 0.6) is 0 Å². The molecule has 0 aliphatic heterocycles. The monoisotopic (exact) mass is 267 g/mol. The highest BCUT2D eigenvalue weighted by molar-refractivity contribution is 6.13. The lowest BCUT2D eigenvalue weighted by Crippen LogP contribution is -2.49. The van der Waals surface area contributed by atoms with Crippen molar-refractivity contribution in [1.29, 1.82) is 0 Å². The Morgan fingerprint density at radius 3 is 2.45 bits per heavy atom. The molecule has 3 heteroatoms. The van der Waals surface area contributed by atoms with Crippen LogP contribution in [0, 0.1) is 0 Å². The van der Waals surface area contributed by atoms with E-state index >= 15 is 0 Å². The second-order valence-corrected chi connectivity index (χ2v) is 4.86. The second kappa shape index (κ2) is 5.29. The third-order valence-corrected chi connectivity index (χ3v) is 3.39. The maximum atomic E-state index is 12.4. The summed E-state index contributed by atoms with van der Waals surface area (Å²) >= 11 is 0. The molecule has 0 bridgehead atoms. The van der Waals surface area contributed by atoms with Gasteiger partial charge in [0.25, 0.3) is 5.91 Å². The largest absolute Gasteiger partial charge is 0.336 e. The number of benzene rings is 1. The van der Waals surface area contributed by atoms with Gasteiger partial charge in [0.15, 0.2) is 5.78 Å². The van der Waals surface area contributed by atoms with Crippen LogP contribution in [-0.2, 0) is 4.79 Å². The zero-order valence-electron chi connectivity index (χ0n) is 11.6. The van der Waals surface area contributed by atoms with Crippen LogP contribution < -0.4 is 5.32 Å². The summed E-state index contributed by atoms with van der Waals surface area (Å²) in [6.45, 7) is 7.21. The number of ketones is 1. The van der Waals surface area contributed by atoms with E-state index in [1.165, 1.54) is 0 Å². The number of Topliss-reactive ketones (excluding diaryl/α,β-unsaturated/α-hetero) is 1. The fourth-order valence-corrected chi connectivity index (χ4v) is 2.32. The summed E-state index contributed by atoms with van der Waals surface area (Å²) < 4.78 is 0. The Kier molecular flexibility index (Phi) is 3.70. The van der Waals surface area contributed by atoms with Crippen LogP contribution in [0.2, 0.25) is 0 Å². The zero-order valence-corrected chi connectivity index (χ0v) is 11.6. The van der Waals surface area contributed by atoms with Gasteiger partial charge >= 0.3 is 0 Å². The van der Waals surface area contributed by atoms with Gasteiger partial charge in [-0.05, 0) is 37.6 Å². The Morgan fingerprint density at radius 1 is 1.30 bits per heavy atom. The lowest BCUT2D eigenvalue weighted by Gasteiger charge is -2.22. The average Bonchev–Trinajstić information content (AvgIpc) is 2.71. The molecule has 1 aliphatic carbocycles. The Hall–Kier alpha value is -2.42. The number of hydrogen-bond donors (Lipinski definition) is 1. The first-order valence-corrected chi connectivity index (χ1v) is 6.46. The summed E-state index contributed by atoms with van der Waals surface area (Å²) in [4.78, 5) is 24.6. The van der Waals surface area contributed by atoms with E-state index in [0.717, 1.165) is 5.57 Å². The number of nitrogens with one attached hydrogen (secondary N) is 1. The lowest BCUT2D eigenvalue weighted by atomic mass is 9.97. The summed E-state index contributed by atoms with van der Waals surface area (Å²) in [6.07, 6.45) is 5.13. The maximum Gasteiger partial charge on any atom is 0.252 e. The van der Waals surface area contributed by atoms with Crippen molar-refractivity contribution in [1.82, 2.24) is 5.32 Å². The Labute approximate surface area is 118 Å². The van der Waals surface area contributed by atoms with Crippen molar-refractivity contribution in [2.75, 3.05) is 0 Å². The molecule has 1 aromatic rings. The fraction of sp³-hybridized carbons (Fsp3) is 0.176. The minimum atomic E-state index is -1.02. The fourth-order valence-electron chi connectivity index (χ4n) is 2.32. The first kappa shape index (κ1) is 14.0. The average molecular weight is 267 g/mol. The highest BCUT2D eigenvalue weighted by atomic mass is 16.2. The van der Waals surface area contributed by atoms with Crippen molar-refractivity contribution >= 4 is 11.7 Å². The molecule has 2 rings (SSSR count). The molecule has 0 aromatic heterocycles. The smallest absolute Gasteiger partial charge is 0.252 e. The first-order valence-electron chi connectivity index (χ1n) is 6.46. The topological polar surface area (TPSA) is 46.2 Å². The van der Waals surface area contributed by atoms with Crippen LogP contribution in [-0.4, -0.2) is 17.2 Å². The standard InChI is InChI=1S/C17H17NO2/c1-4-12-11-17(3,15(19)14(12)5-2)18-16(20)13-9-7-6-8-10-13/h4-11H,1H2,2-3H3,(H,18,20)/b14-5-/t17-/m0/s1. The predicted octanol–water partition coefficient (Wildman–Crippen LogP) is 2.82. The Bertz CT molecular complexity index is 626. The quantitative estimate of drug-likeness (QED) is 0.856. The van der Waals surface area contributed by atoms with E-state index in [1.807, 2.05) is 6.07 Å². The molecule has 1 N–H and O–H groups in total. The SMILES string of the molecule is C=CC1=C[C@](C)(NC(=O)c2ccccc2)C(=O)/C1=C\C. The third-order valence-electron chi connectivity index (χ3n) is 3.39. The second-order valence-electron chi connectivity index (χ2n) is 4.86.